The number of hydrogen-bond donors (Lipinski definition) is 4. The second kappa shape index (κ2) is 7.69. The molecule has 4 aromatic rings. The molecule has 152 valence electrons. The normalized spacial score (nSPS) is 11.4. The number of halogens is 1. The van der Waals surface area contributed by atoms with Gasteiger partial charge in [0.15, 0.2) is 5.69 Å². The maximum atomic E-state index is 12.7. The van der Waals surface area contributed by atoms with Gasteiger partial charge in [0, 0.05) is 10.4 Å². The lowest BCUT2D eigenvalue weighted by molar-refractivity contribution is 0.102. The monoisotopic (exact) mass is 442 g/mol. The Morgan fingerprint density at radius 1 is 1.03 bits per heavy atom. The van der Waals surface area contributed by atoms with E-state index in [1.165, 1.54) is 18.2 Å². The lowest BCUT2D eigenvalue weighted by Gasteiger charge is -2.11. The highest BCUT2D eigenvalue weighted by atomic mass is 35.5. The van der Waals surface area contributed by atoms with Gasteiger partial charge in [-0.1, -0.05) is 35.9 Å². The van der Waals surface area contributed by atoms with Crippen molar-refractivity contribution >= 4 is 49.8 Å². The first-order valence-electron chi connectivity index (χ1n) is 8.69. The molecule has 1 aromatic heterocycles. The fourth-order valence-corrected chi connectivity index (χ4v) is 4.13. The molecule has 0 saturated heterocycles. The Kier molecular flexibility index (Phi) is 5.06. The van der Waals surface area contributed by atoms with E-state index < -0.39 is 15.9 Å². The van der Waals surface area contributed by atoms with Gasteiger partial charge in [0.2, 0.25) is 0 Å². The number of para-hydroxylation sites is 1. The number of aromatic amines is 1. The molecule has 0 aliphatic rings. The topological polar surface area (TPSA) is 124 Å². The predicted molar refractivity (Wildman–Crippen MR) is 114 cm³/mol. The highest BCUT2D eigenvalue weighted by molar-refractivity contribution is 7.92. The third-order valence-corrected chi connectivity index (χ3v) is 5.90. The van der Waals surface area contributed by atoms with E-state index in [4.69, 9.17) is 11.6 Å². The summed E-state index contributed by atoms with van der Waals surface area (Å²) in [5.41, 5.74) is 1.01. The van der Waals surface area contributed by atoms with E-state index in [-0.39, 0.29) is 27.7 Å². The van der Waals surface area contributed by atoms with Crippen LogP contribution in [0, 0.1) is 0 Å². The van der Waals surface area contributed by atoms with Gasteiger partial charge < -0.3 is 10.4 Å². The smallest absolute Gasteiger partial charge is 0.276 e. The van der Waals surface area contributed by atoms with Crippen LogP contribution in [0.4, 0.5) is 11.4 Å². The molecule has 1 amide bonds. The molecular weight excluding hydrogens is 428 g/mol. The van der Waals surface area contributed by atoms with Crippen molar-refractivity contribution in [3.63, 3.8) is 0 Å². The number of fused-ring (bicyclic) bond motifs is 1. The summed E-state index contributed by atoms with van der Waals surface area (Å²) in [6.45, 7) is 0. The summed E-state index contributed by atoms with van der Waals surface area (Å²) in [6.07, 6.45) is 0. The molecule has 10 heteroatoms. The van der Waals surface area contributed by atoms with Gasteiger partial charge in [-0.15, -0.1) is 0 Å². The van der Waals surface area contributed by atoms with Crippen molar-refractivity contribution in [2.75, 3.05) is 10.0 Å². The molecule has 0 radical (unpaired) electrons. The van der Waals surface area contributed by atoms with Gasteiger partial charge in [-0.25, -0.2) is 8.42 Å². The molecule has 0 aliphatic carbocycles. The number of aromatic nitrogens is 2. The number of anilines is 2. The minimum Gasteiger partial charge on any atom is -0.506 e. The highest BCUT2D eigenvalue weighted by Gasteiger charge is 2.19. The van der Waals surface area contributed by atoms with Crippen molar-refractivity contribution < 1.29 is 18.3 Å². The largest absolute Gasteiger partial charge is 0.506 e. The van der Waals surface area contributed by atoms with E-state index in [9.17, 15) is 18.3 Å². The molecule has 0 aliphatic heterocycles. The van der Waals surface area contributed by atoms with Crippen molar-refractivity contribution in [3.05, 3.63) is 77.4 Å². The Bertz CT molecular complexity index is 1370. The standard InChI is InChI=1S/C20H15ClN4O4S/c21-12-4-3-5-13(10-12)25-30(28,29)14-8-9-18(26)17(11-14)22-20(27)19-15-6-1-2-7-16(15)23-24-19/h1-11,25-26H,(H,22,27)(H,23,24). The molecule has 1 heterocycles. The quantitative estimate of drug-likeness (QED) is 0.348. The summed E-state index contributed by atoms with van der Waals surface area (Å²) in [4.78, 5) is 12.5. The summed E-state index contributed by atoms with van der Waals surface area (Å²) in [6, 6.07) is 16.9. The van der Waals surface area contributed by atoms with E-state index >= 15 is 0 Å². The molecular formula is C20H15ClN4O4S. The van der Waals surface area contributed by atoms with Crippen molar-refractivity contribution in [3.8, 4) is 5.75 Å². The molecule has 0 atom stereocenters. The van der Waals surface area contributed by atoms with Gasteiger partial charge in [-0.05, 0) is 42.5 Å². The Labute approximate surface area is 176 Å². The highest BCUT2D eigenvalue weighted by Crippen LogP contribution is 2.29. The number of carbonyl (C=O) groups excluding carboxylic acids is 1. The molecule has 3 aromatic carbocycles. The van der Waals surface area contributed by atoms with Gasteiger partial charge in [0.05, 0.1) is 21.8 Å². The summed E-state index contributed by atoms with van der Waals surface area (Å²) in [5.74, 6) is -0.884. The van der Waals surface area contributed by atoms with Gasteiger partial charge in [-0.2, -0.15) is 5.10 Å². The Balaban J connectivity index is 1.62. The van der Waals surface area contributed by atoms with E-state index in [1.807, 2.05) is 0 Å². The van der Waals surface area contributed by atoms with Crippen LogP contribution in [0.25, 0.3) is 10.9 Å². The number of benzene rings is 3. The molecule has 0 spiro atoms. The van der Waals surface area contributed by atoms with Crippen molar-refractivity contribution in [1.82, 2.24) is 10.2 Å². The summed E-state index contributed by atoms with van der Waals surface area (Å²) in [5, 5.41) is 20.3. The summed E-state index contributed by atoms with van der Waals surface area (Å²) < 4.78 is 27.8. The number of sulfonamides is 1. The Hall–Kier alpha value is -3.56. The van der Waals surface area contributed by atoms with Crippen LogP contribution in [-0.2, 0) is 10.0 Å². The fraction of sp³-hybridized carbons (Fsp3) is 0. The third kappa shape index (κ3) is 3.93. The number of amides is 1. The van der Waals surface area contributed by atoms with Crippen LogP contribution in [-0.4, -0.2) is 29.6 Å². The van der Waals surface area contributed by atoms with Crippen LogP contribution >= 0.6 is 11.6 Å². The van der Waals surface area contributed by atoms with Crippen LogP contribution in [0.2, 0.25) is 5.02 Å². The Morgan fingerprint density at radius 2 is 1.83 bits per heavy atom. The first kappa shape index (κ1) is 19.7. The lowest BCUT2D eigenvalue weighted by atomic mass is 10.2. The summed E-state index contributed by atoms with van der Waals surface area (Å²) >= 11 is 5.89. The van der Waals surface area contributed by atoms with Gasteiger partial charge in [0.1, 0.15) is 5.75 Å². The Morgan fingerprint density at radius 3 is 2.63 bits per heavy atom. The maximum absolute atomic E-state index is 12.7. The van der Waals surface area contributed by atoms with Crippen LogP contribution in [0.15, 0.2) is 71.6 Å². The zero-order valence-corrected chi connectivity index (χ0v) is 16.8. The number of nitrogens with zero attached hydrogens (tertiary/aromatic N) is 1. The van der Waals surface area contributed by atoms with E-state index in [1.54, 1.807) is 42.5 Å². The van der Waals surface area contributed by atoms with Gasteiger partial charge in [0.25, 0.3) is 15.9 Å². The zero-order valence-electron chi connectivity index (χ0n) is 15.3. The first-order chi connectivity index (χ1) is 14.3. The number of hydrogen-bond acceptors (Lipinski definition) is 5. The van der Waals surface area contributed by atoms with Crippen molar-refractivity contribution in [2.45, 2.75) is 4.90 Å². The minimum absolute atomic E-state index is 0.0685. The van der Waals surface area contributed by atoms with Crippen LogP contribution < -0.4 is 10.0 Å². The average molecular weight is 443 g/mol. The fourth-order valence-electron chi connectivity index (χ4n) is 2.87. The SMILES string of the molecule is O=C(Nc1cc(S(=O)(=O)Nc2cccc(Cl)c2)ccc1O)c1n[nH]c2ccccc12. The van der Waals surface area contributed by atoms with Crippen LogP contribution in [0.5, 0.6) is 5.75 Å². The number of aromatic hydroxyl groups is 1. The van der Waals surface area contributed by atoms with Gasteiger partial charge >= 0.3 is 0 Å². The molecule has 0 saturated carbocycles. The molecule has 0 bridgehead atoms. The molecule has 8 nitrogen and oxygen atoms in total. The predicted octanol–water partition coefficient (Wildman–Crippen LogP) is 3.98. The molecule has 4 rings (SSSR count). The zero-order chi connectivity index (χ0) is 21.3. The number of phenols is 1. The third-order valence-electron chi connectivity index (χ3n) is 4.29. The number of carbonyl (C=O) groups is 1. The second-order valence-electron chi connectivity index (χ2n) is 6.37. The van der Waals surface area contributed by atoms with E-state index in [2.05, 4.69) is 20.2 Å². The minimum atomic E-state index is -3.99. The van der Waals surface area contributed by atoms with Crippen molar-refractivity contribution in [1.29, 1.82) is 0 Å². The first-order valence-corrected chi connectivity index (χ1v) is 10.6. The number of phenolic OH excluding ortho intramolecular Hbond substituents is 1. The van der Waals surface area contributed by atoms with Crippen LogP contribution in [0.3, 0.4) is 0 Å². The molecule has 0 fully saturated rings. The molecule has 0 unspecified atom stereocenters. The second-order valence-corrected chi connectivity index (χ2v) is 8.49. The number of nitrogens with one attached hydrogen (secondary N) is 3. The molecule has 30 heavy (non-hydrogen) atoms. The van der Waals surface area contributed by atoms with Crippen LogP contribution in [0.1, 0.15) is 10.5 Å². The van der Waals surface area contributed by atoms with Crippen molar-refractivity contribution in [2.24, 2.45) is 0 Å². The molecule has 4 N–H and O–H groups in total. The maximum Gasteiger partial charge on any atom is 0.276 e. The number of H-pyrrole nitrogens is 1. The van der Waals surface area contributed by atoms with Gasteiger partial charge in [-0.3, -0.25) is 14.6 Å². The lowest BCUT2D eigenvalue weighted by Crippen LogP contribution is -2.15. The van der Waals surface area contributed by atoms with E-state index in [0.717, 1.165) is 6.07 Å². The van der Waals surface area contributed by atoms with E-state index in [0.29, 0.717) is 15.9 Å². The average Bonchev–Trinajstić information content (AvgIpc) is 3.13. The summed E-state index contributed by atoms with van der Waals surface area (Å²) in [7, 11) is -3.99. The number of rotatable bonds is 5.